The Bertz CT molecular complexity index is 643. The van der Waals surface area contributed by atoms with Gasteiger partial charge in [-0.05, 0) is 48.2 Å². The van der Waals surface area contributed by atoms with Crippen molar-refractivity contribution in [2.75, 3.05) is 38.2 Å². The molecule has 1 aliphatic heterocycles. The first-order valence-electron chi connectivity index (χ1n) is 7.41. The van der Waals surface area contributed by atoms with E-state index in [9.17, 15) is 4.79 Å². The third-order valence-electron chi connectivity index (χ3n) is 4.06. The first-order valence-corrected chi connectivity index (χ1v) is 8.29. The van der Waals surface area contributed by atoms with E-state index in [4.69, 9.17) is 4.74 Å². The summed E-state index contributed by atoms with van der Waals surface area (Å²) >= 11 is 1.53. The zero-order chi connectivity index (χ0) is 15.5. The fourth-order valence-corrected chi connectivity index (χ4v) is 3.59. The quantitative estimate of drug-likeness (QED) is 0.872. The molecule has 0 N–H and O–H groups in total. The molecule has 0 atom stereocenters. The van der Waals surface area contributed by atoms with Crippen molar-refractivity contribution in [2.45, 2.75) is 6.92 Å². The summed E-state index contributed by atoms with van der Waals surface area (Å²) in [6.07, 6.45) is 0. The molecule has 1 saturated heterocycles. The summed E-state index contributed by atoms with van der Waals surface area (Å²) < 4.78 is 5.19. The van der Waals surface area contributed by atoms with Crippen molar-refractivity contribution in [3.8, 4) is 5.75 Å². The Balaban J connectivity index is 1.62. The topological polar surface area (TPSA) is 32.8 Å². The molecule has 0 spiro atoms. The SMILES string of the molecule is COc1ccc(N2CCN(C(=O)c3sccc3C)CC2)cc1. The van der Waals surface area contributed by atoms with Crippen LogP contribution in [0.25, 0.3) is 0 Å². The molecular formula is C17H20N2O2S. The minimum absolute atomic E-state index is 0.168. The molecule has 1 aliphatic rings. The standard InChI is InChI=1S/C17H20N2O2S/c1-13-7-12-22-16(13)17(20)19-10-8-18(9-11-19)14-3-5-15(21-2)6-4-14/h3-7,12H,8-11H2,1-2H3. The predicted octanol–water partition coefficient (Wildman–Crippen LogP) is 3.03. The number of methoxy groups -OCH3 is 1. The first-order chi connectivity index (χ1) is 10.7. The molecule has 0 bridgehead atoms. The van der Waals surface area contributed by atoms with Gasteiger partial charge in [0.2, 0.25) is 0 Å². The molecule has 4 nitrogen and oxygen atoms in total. The number of hydrogen-bond donors (Lipinski definition) is 0. The van der Waals surface area contributed by atoms with Crippen LogP contribution in [0.3, 0.4) is 0 Å². The molecule has 2 aromatic rings. The first kappa shape index (κ1) is 14.9. The second-order valence-corrected chi connectivity index (χ2v) is 6.33. The van der Waals surface area contributed by atoms with Crippen LogP contribution in [0.2, 0.25) is 0 Å². The summed E-state index contributed by atoms with van der Waals surface area (Å²) in [5.74, 6) is 1.03. The number of aryl methyl sites for hydroxylation is 1. The van der Waals surface area contributed by atoms with E-state index in [1.165, 1.54) is 17.0 Å². The lowest BCUT2D eigenvalue weighted by molar-refractivity contribution is 0.0751. The van der Waals surface area contributed by atoms with Crippen LogP contribution in [0.5, 0.6) is 5.75 Å². The van der Waals surface area contributed by atoms with Crippen molar-refractivity contribution in [1.82, 2.24) is 4.90 Å². The normalized spacial score (nSPS) is 15.0. The predicted molar refractivity (Wildman–Crippen MR) is 90.2 cm³/mol. The smallest absolute Gasteiger partial charge is 0.264 e. The third-order valence-corrected chi connectivity index (χ3v) is 5.07. The van der Waals surface area contributed by atoms with Crippen molar-refractivity contribution in [1.29, 1.82) is 0 Å². The van der Waals surface area contributed by atoms with Crippen molar-refractivity contribution >= 4 is 22.9 Å². The number of carbonyl (C=O) groups is 1. The molecule has 1 aromatic carbocycles. The number of anilines is 1. The largest absolute Gasteiger partial charge is 0.497 e. The van der Waals surface area contributed by atoms with Crippen LogP contribution < -0.4 is 9.64 Å². The lowest BCUT2D eigenvalue weighted by Crippen LogP contribution is -2.48. The number of hydrogen-bond acceptors (Lipinski definition) is 4. The molecule has 3 rings (SSSR count). The Morgan fingerprint density at radius 2 is 1.77 bits per heavy atom. The molecule has 5 heteroatoms. The van der Waals surface area contributed by atoms with E-state index in [1.54, 1.807) is 7.11 Å². The van der Waals surface area contributed by atoms with Crippen molar-refractivity contribution < 1.29 is 9.53 Å². The fraction of sp³-hybridized carbons (Fsp3) is 0.353. The highest BCUT2D eigenvalue weighted by molar-refractivity contribution is 7.12. The lowest BCUT2D eigenvalue weighted by Gasteiger charge is -2.36. The van der Waals surface area contributed by atoms with Crippen LogP contribution in [0.4, 0.5) is 5.69 Å². The van der Waals surface area contributed by atoms with E-state index < -0.39 is 0 Å². The van der Waals surface area contributed by atoms with Crippen molar-refractivity contribution in [2.24, 2.45) is 0 Å². The maximum atomic E-state index is 12.5. The molecule has 116 valence electrons. The Hall–Kier alpha value is -2.01. The molecule has 0 saturated carbocycles. The number of carbonyl (C=O) groups excluding carboxylic acids is 1. The molecular weight excluding hydrogens is 296 g/mol. The van der Waals surface area contributed by atoms with Gasteiger partial charge in [0.05, 0.1) is 12.0 Å². The van der Waals surface area contributed by atoms with Gasteiger partial charge in [0, 0.05) is 31.9 Å². The maximum absolute atomic E-state index is 12.5. The van der Waals surface area contributed by atoms with Gasteiger partial charge in [-0.2, -0.15) is 0 Å². The van der Waals surface area contributed by atoms with Gasteiger partial charge in [0.15, 0.2) is 0 Å². The Morgan fingerprint density at radius 3 is 2.32 bits per heavy atom. The molecule has 0 radical (unpaired) electrons. The van der Waals surface area contributed by atoms with Gasteiger partial charge >= 0.3 is 0 Å². The average Bonchev–Trinajstić information content (AvgIpc) is 3.00. The zero-order valence-corrected chi connectivity index (χ0v) is 13.7. The van der Waals surface area contributed by atoms with Gasteiger partial charge in [0.25, 0.3) is 5.91 Å². The number of ether oxygens (including phenoxy) is 1. The van der Waals surface area contributed by atoms with Crippen LogP contribution in [0, 0.1) is 6.92 Å². The lowest BCUT2D eigenvalue weighted by atomic mass is 10.2. The van der Waals surface area contributed by atoms with Crippen molar-refractivity contribution in [3.05, 3.63) is 46.2 Å². The highest BCUT2D eigenvalue weighted by Crippen LogP contribution is 2.22. The number of amides is 1. The minimum atomic E-state index is 0.168. The molecule has 1 aromatic heterocycles. The third kappa shape index (κ3) is 2.95. The van der Waals surface area contributed by atoms with Gasteiger partial charge in [-0.15, -0.1) is 11.3 Å². The van der Waals surface area contributed by atoms with Crippen LogP contribution in [0.1, 0.15) is 15.2 Å². The summed E-state index contributed by atoms with van der Waals surface area (Å²) in [7, 11) is 1.67. The highest BCUT2D eigenvalue weighted by atomic mass is 32.1. The van der Waals surface area contributed by atoms with E-state index in [1.807, 2.05) is 35.4 Å². The zero-order valence-electron chi connectivity index (χ0n) is 12.9. The number of thiophene rings is 1. The van der Waals surface area contributed by atoms with Gasteiger partial charge in [-0.3, -0.25) is 4.79 Å². The van der Waals surface area contributed by atoms with Crippen molar-refractivity contribution in [3.63, 3.8) is 0 Å². The van der Waals surface area contributed by atoms with E-state index >= 15 is 0 Å². The molecule has 1 amide bonds. The van der Waals surface area contributed by atoms with Gasteiger partial charge in [-0.1, -0.05) is 0 Å². The highest BCUT2D eigenvalue weighted by Gasteiger charge is 2.23. The summed E-state index contributed by atoms with van der Waals surface area (Å²) in [5, 5.41) is 1.98. The van der Waals surface area contributed by atoms with Crippen LogP contribution >= 0.6 is 11.3 Å². The summed E-state index contributed by atoms with van der Waals surface area (Å²) in [4.78, 5) is 17.6. The number of benzene rings is 1. The summed E-state index contributed by atoms with van der Waals surface area (Å²) in [5.41, 5.74) is 2.26. The number of piperazine rings is 1. The van der Waals surface area contributed by atoms with Gasteiger partial charge in [-0.25, -0.2) is 0 Å². The molecule has 2 heterocycles. The summed E-state index contributed by atoms with van der Waals surface area (Å²) in [6, 6.07) is 10.1. The fourth-order valence-electron chi connectivity index (χ4n) is 2.70. The molecule has 0 aliphatic carbocycles. The number of nitrogens with zero attached hydrogens (tertiary/aromatic N) is 2. The summed E-state index contributed by atoms with van der Waals surface area (Å²) in [6.45, 7) is 5.26. The molecule has 1 fully saturated rings. The van der Waals surface area contributed by atoms with Crippen LogP contribution in [-0.2, 0) is 0 Å². The van der Waals surface area contributed by atoms with E-state index in [2.05, 4.69) is 17.0 Å². The second kappa shape index (κ2) is 6.40. The Labute approximate surface area is 134 Å². The monoisotopic (exact) mass is 316 g/mol. The van der Waals surface area contributed by atoms with Gasteiger partial charge < -0.3 is 14.5 Å². The maximum Gasteiger partial charge on any atom is 0.264 e. The minimum Gasteiger partial charge on any atom is -0.497 e. The second-order valence-electron chi connectivity index (χ2n) is 5.41. The van der Waals surface area contributed by atoms with Crippen LogP contribution in [-0.4, -0.2) is 44.1 Å². The van der Waals surface area contributed by atoms with E-state index in [0.717, 1.165) is 42.4 Å². The molecule has 0 unspecified atom stereocenters. The number of rotatable bonds is 3. The average molecular weight is 316 g/mol. The van der Waals surface area contributed by atoms with Gasteiger partial charge in [0.1, 0.15) is 5.75 Å². The van der Waals surface area contributed by atoms with Crippen LogP contribution in [0.15, 0.2) is 35.7 Å². The van der Waals surface area contributed by atoms with E-state index in [0.29, 0.717) is 0 Å². The Kier molecular flexibility index (Phi) is 4.34. The van der Waals surface area contributed by atoms with E-state index in [-0.39, 0.29) is 5.91 Å². The Morgan fingerprint density at radius 1 is 1.09 bits per heavy atom. The molecule has 22 heavy (non-hydrogen) atoms.